The van der Waals surface area contributed by atoms with Gasteiger partial charge in [-0.15, -0.1) is 0 Å². The van der Waals surface area contributed by atoms with Gasteiger partial charge in [0.25, 0.3) is 0 Å². The first-order valence-electron chi connectivity index (χ1n) is 5.05. The van der Waals surface area contributed by atoms with Gasteiger partial charge in [-0.05, 0) is 19.8 Å². The van der Waals surface area contributed by atoms with Gasteiger partial charge in [0, 0.05) is 30.7 Å². The average molecular weight is 229 g/mol. The minimum atomic E-state index is -0.442. The Hall–Kier alpha value is -0.520. The van der Waals surface area contributed by atoms with Gasteiger partial charge in [-0.3, -0.25) is 0 Å². The maximum absolute atomic E-state index is 8.97. The largest absolute Gasteiger partial charge is 0.394 e. The molecule has 1 unspecified atom stereocenters. The Morgan fingerprint density at radius 2 is 2.40 bits per heavy atom. The molecular formula is C10H19N3OS. The summed E-state index contributed by atoms with van der Waals surface area (Å²) in [5.41, 5.74) is 5.38. The Morgan fingerprint density at radius 1 is 1.67 bits per heavy atom. The number of nitrogens with zero attached hydrogens (tertiary/aromatic N) is 2. The van der Waals surface area contributed by atoms with Gasteiger partial charge in [-0.1, -0.05) is 11.8 Å². The third kappa shape index (κ3) is 4.24. The Balaban J connectivity index is 2.20. The molecule has 0 saturated heterocycles. The van der Waals surface area contributed by atoms with Crippen LogP contribution < -0.4 is 5.73 Å². The van der Waals surface area contributed by atoms with Crippen LogP contribution in [0.1, 0.15) is 19.8 Å². The van der Waals surface area contributed by atoms with Crippen LogP contribution in [0.15, 0.2) is 17.6 Å². The number of aryl methyl sites for hydroxylation is 1. The van der Waals surface area contributed by atoms with E-state index in [9.17, 15) is 0 Å². The predicted octanol–water partition coefficient (Wildman–Crippen LogP) is 1.00. The number of rotatable bonds is 6. The van der Waals surface area contributed by atoms with Gasteiger partial charge in [-0.25, -0.2) is 4.98 Å². The first-order chi connectivity index (χ1) is 7.05. The number of nitrogens with two attached hydrogens (primary N) is 1. The number of aliphatic hydroxyl groups is 1. The lowest BCUT2D eigenvalue weighted by molar-refractivity contribution is 0.200. The van der Waals surface area contributed by atoms with E-state index in [1.54, 1.807) is 18.0 Å². The molecule has 0 aliphatic rings. The van der Waals surface area contributed by atoms with Crippen LogP contribution in [0, 0.1) is 0 Å². The lowest BCUT2D eigenvalue weighted by Gasteiger charge is -2.20. The molecule has 1 atom stereocenters. The van der Waals surface area contributed by atoms with Crippen molar-refractivity contribution < 1.29 is 5.11 Å². The van der Waals surface area contributed by atoms with Crippen LogP contribution in [0.2, 0.25) is 0 Å². The third-order valence-corrected chi connectivity index (χ3v) is 3.41. The Labute approximate surface area is 94.9 Å². The third-order valence-electron chi connectivity index (χ3n) is 2.26. The lowest BCUT2D eigenvalue weighted by atomic mass is 9.99. The molecule has 1 aromatic rings. The van der Waals surface area contributed by atoms with E-state index in [1.165, 1.54) is 0 Å². The smallest absolute Gasteiger partial charge is 0.167 e. The Bertz CT molecular complexity index is 299. The van der Waals surface area contributed by atoms with E-state index >= 15 is 0 Å². The number of thioether (sulfide) groups is 1. The van der Waals surface area contributed by atoms with Crippen LogP contribution in [0.4, 0.5) is 0 Å². The highest BCUT2D eigenvalue weighted by molar-refractivity contribution is 7.99. The van der Waals surface area contributed by atoms with E-state index in [-0.39, 0.29) is 6.61 Å². The monoisotopic (exact) mass is 229 g/mol. The maximum atomic E-state index is 8.97. The quantitative estimate of drug-likeness (QED) is 0.564. The standard InChI is InChI=1S/C10H19N3OS/c1-10(11,8-14)4-3-7-15-9-12-5-6-13(9)2/h5-6,14H,3-4,7-8,11H2,1-2H3. The fraction of sp³-hybridized carbons (Fsp3) is 0.700. The summed E-state index contributed by atoms with van der Waals surface area (Å²) in [4.78, 5) is 4.22. The summed E-state index contributed by atoms with van der Waals surface area (Å²) >= 11 is 1.72. The fourth-order valence-corrected chi connectivity index (χ4v) is 2.08. The zero-order valence-electron chi connectivity index (χ0n) is 9.31. The number of imidazole rings is 1. The van der Waals surface area contributed by atoms with Crippen molar-refractivity contribution in [3.05, 3.63) is 12.4 Å². The second-order valence-electron chi connectivity index (χ2n) is 4.08. The van der Waals surface area contributed by atoms with Crippen molar-refractivity contribution in [2.24, 2.45) is 12.8 Å². The van der Waals surface area contributed by atoms with Gasteiger partial charge in [0.2, 0.25) is 0 Å². The Morgan fingerprint density at radius 3 is 2.93 bits per heavy atom. The summed E-state index contributed by atoms with van der Waals surface area (Å²) in [6, 6.07) is 0. The molecule has 0 saturated carbocycles. The molecule has 1 rings (SSSR count). The summed E-state index contributed by atoms with van der Waals surface area (Å²) in [5, 5.41) is 10.00. The molecule has 3 N–H and O–H groups in total. The van der Waals surface area contributed by atoms with Crippen LogP contribution in [0.3, 0.4) is 0 Å². The van der Waals surface area contributed by atoms with Crippen LogP contribution in [0.5, 0.6) is 0 Å². The molecular weight excluding hydrogens is 210 g/mol. The normalized spacial score (nSPS) is 15.2. The van der Waals surface area contributed by atoms with Crippen LogP contribution in [-0.4, -0.2) is 32.6 Å². The SMILES string of the molecule is Cn1ccnc1SCCCC(C)(N)CO. The highest BCUT2D eigenvalue weighted by Crippen LogP contribution is 2.18. The first-order valence-corrected chi connectivity index (χ1v) is 6.03. The van der Waals surface area contributed by atoms with E-state index in [0.29, 0.717) is 0 Å². The zero-order valence-corrected chi connectivity index (χ0v) is 10.1. The molecule has 4 nitrogen and oxygen atoms in total. The second-order valence-corrected chi connectivity index (χ2v) is 5.15. The van der Waals surface area contributed by atoms with Gasteiger partial charge in [0.05, 0.1) is 6.61 Å². The summed E-state index contributed by atoms with van der Waals surface area (Å²) in [6.45, 7) is 1.92. The second kappa shape index (κ2) is 5.53. The molecule has 0 fully saturated rings. The molecule has 5 heteroatoms. The van der Waals surface area contributed by atoms with Gasteiger partial charge in [0.1, 0.15) is 0 Å². The van der Waals surface area contributed by atoms with Gasteiger partial charge < -0.3 is 15.4 Å². The topological polar surface area (TPSA) is 64.1 Å². The van der Waals surface area contributed by atoms with Crippen molar-refractivity contribution in [2.45, 2.75) is 30.5 Å². The predicted molar refractivity (Wildman–Crippen MR) is 62.8 cm³/mol. The maximum Gasteiger partial charge on any atom is 0.167 e. The molecule has 0 aliphatic heterocycles. The molecule has 1 heterocycles. The van der Waals surface area contributed by atoms with Crippen LogP contribution in [0.25, 0.3) is 0 Å². The van der Waals surface area contributed by atoms with Gasteiger partial charge in [0.15, 0.2) is 5.16 Å². The summed E-state index contributed by atoms with van der Waals surface area (Å²) in [5.74, 6) is 0.984. The lowest BCUT2D eigenvalue weighted by Crippen LogP contribution is -2.40. The first kappa shape index (κ1) is 12.5. The number of hydrogen-bond acceptors (Lipinski definition) is 4. The molecule has 0 bridgehead atoms. The number of hydrogen-bond donors (Lipinski definition) is 2. The minimum Gasteiger partial charge on any atom is -0.394 e. The van der Waals surface area contributed by atoms with E-state index in [2.05, 4.69) is 4.98 Å². The molecule has 0 aromatic carbocycles. The zero-order chi connectivity index (χ0) is 11.3. The van der Waals surface area contributed by atoms with Crippen LogP contribution in [-0.2, 0) is 7.05 Å². The molecule has 0 aliphatic carbocycles. The van der Waals surface area contributed by atoms with Gasteiger partial charge >= 0.3 is 0 Å². The number of aliphatic hydroxyl groups excluding tert-OH is 1. The van der Waals surface area contributed by atoms with E-state index in [1.807, 2.05) is 24.7 Å². The van der Waals surface area contributed by atoms with Crippen molar-refractivity contribution in [3.8, 4) is 0 Å². The highest BCUT2D eigenvalue weighted by atomic mass is 32.2. The molecule has 1 aromatic heterocycles. The molecule has 86 valence electrons. The van der Waals surface area contributed by atoms with Crippen molar-refractivity contribution >= 4 is 11.8 Å². The van der Waals surface area contributed by atoms with Crippen molar-refractivity contribution in [3.63, 3.8) is 0 Å². The highest BCUT2D eigenvalue weighted by Gasteiger charge is 2.15. The van der Waals surface area contributed by atoms with Crippen molar-refractivity contribution in [1.29, 1.82) is 0 Å². The summed E-state index contributed by atoms with van der Waals surface area (Å²) in [7, 11) is 1.98. The van der Waals surface area contributed by atoms with E-state index < -0.39 is 5.54 Å². The van der Waals surface area contributed by atoms with Crippen molar-refractivity contribution in [2.75, 3.05) is 12.4 Å². The molecule has 15 heavy (non-hydrogen) atoms. The van der Waals surface area contributed by atoms with E-state index in [0.717, 1.165) is 23.8 Å². The summed E-state index contributed by atoms with van der Waals surface area (Å²) < 4.78 is 2.00. The van der Waals surface area contributed by atoms with E-state index in [4.69, 9.17) is 10.8 Å². The minimum absolute atomic E-state index is 0.0417. The molecule has 0 spiro atoms. The molecule has 0 radical (unpaired) electrons. The average Bonchev–Trinajstić information content (AvgIpc) is 2.59. The summed E-state index contributed by atoms with van der Waals surface area (Å²) in [6.07, 6.45) is 5.55. The van der Waals surface area contributed by atoms with Gasteiger partial charge in [-0.2, -0.15) is 0 Å². The Kier molecular flexibility index (Phi) is 4.63. The molecule has 0 amide bonds. The number of aromatic nitrogens is 2. The van der Waals surface area contributed by atoms with Crippen molar-refractivity contribution in [1.82, 2.24) is 9.55 Å². The van der Waals surface area contributed by atoms with Crippen LogP contribution >= 0.6 is 11.8 Å². The fourth-order valence-electron chi connectivity index (χ4n) is 1.21.